The van der Waals surface area contributed by atoms with Gasteiger partial charge in [-0.1, -0.05) is 29.8 Å². The summed E-state index contributed by atoms with van der Waals surface area (Å²) in [6, 6.07) is 12.4. The predicted molar refractivity (Wildman–Crippen MR) is 110 cm³/mol. The number of hydrogen-bond donors (Lipinski definition) is 1. The second-order valence-electron chi connectivity index (χ2n) is 5.81. The number of nitrogens with zero attached hydrogens (tertiary/aromatic N) is 1. The second-order valence-corrected chi connectivity index (χ2v) is 7.56. The average Bonchev–Trinajstić information content (AvgIpc) is 3.13. The smallest absolute Gasteiger partial charge is 0.182 e. The fourth-order valence-corrected chi connectivity index (χ4v) is 3.70. The number of thiazole rings is 1. The van der Waals surface area contributed by atoms with Crippen molar-refractivity contribution in [2.75, 3.05) is 11.9 Å². The normalized spacial score (nSPS) is 10.6. The molecule has 0 saturated heterocycles. The molecule has 1 heterocycles. The third-order valence-corrected chi connectivity index (χ3v) is 5.03. The van der Waals surface area contributed by atoms with Crippen molar-refractivity contribution in [1.82, 2.24) is 4.98 Å². The summed E-state index contributed by atoms with van der Waals surface area (Å²) in [6.45, 7) is 5.80. The number of aryl methyl sites for hydroxylation is 1. The number of nitrogens with one attached hydrogen (secondary N) is 1. The Morgan fingerprint density at radius 3 is 2.77 bits per heavy atom. The highest BCUT2D eigenvalue weighted by molar-refractivity contribution is 9.10. The van der Waals surface area contributed by atoms with Crippen LogP contribution in [0.1, 0.15) is 23.6 Å². The lowest BCUT2D eigenvalue weighted by Gasteiger charge is -2.16. The minimum absolute atomic E-state index is 0.497. The number of ether oxygens (including phenoxy) is 2. The van der Waals surface area contributed by atoms with Gasteiger partial charge in [0.1, 0.15) is 6.61 Å². The van der Waals surface area contributed by atoms with Crippen LogP contribution >= 0.6 is 27.3 Å². The molecule has 2 aromatic carbocycles. The number of rotatable bonds is 8. The lowest BCUT2D eigenvalue weighted by molar-refractivity contribution is 0.267. The van der Waals surface area contributed by atoms with E-state index in [9.17, 15) is 0 Å². The molecule has 0 fully saturated rings. The van der Waals surface area contributed by atoms with Crippen LogP contribution in [0.3, 0.4) is 0 Å². The molecule has 0 aliphatic rings. The number of hydrogen-bond acceptors (Lipinski definition) is 5. The highest BCUT2D eigenvalue weighted by Crippen LogP contribution is 2.37. The van der Waals surface area contributed by atoms with Crippen molar-refractivity contribution in [3.05, 3.63) is 69.1 Å². The van der Waals surface area contributed by atoms with Gasteiger partial charge in [-0.15, -0.1) is 11.3 Å². The maximum Gasteiger partial charge on any atom is 0.182 e. The van der Waals surface area contributed by atoms with E-state index in [0.717, 1.165) is 32.2 Å². The first-order chi connectivity index (χ1) is 12.7. The molecule has 0 radical (unpaired) electrons. The summed E-state index contributed by atoms with van der Waals surface area (Å²) in [4.78, 5) is 4.24. The van der Waals surface area contributed by atoms with Gasteiger partial charge in [0.25, 0.3) is 0 Å². The van der Waals surface area contributed by atoms with Crippen LogP contribution in [0, 0.1) is 6.92 Å². The van der Waals surface area contributed by atoms with E-state index in [0.29, 0.717) is 19.8 Å². The van der Waals surface area contributed by atoms with Gasteiger partial charge in [-0.05, 0) is 53.0 Å². The molecule has 0 amide bonds. The molecule has 3 aromatic rings. The molecule has 3 rings (SSSR count). The molecule has 4 nitrogen and oxygen atoms in total. The minimum atomic E-state index is 0.497. The van der Waals surface area contributed by atoms with Crippen LogP contribution in [0.15, 0.2) is 52.4 Å². The first-order valence-corrected chi connectivity index (χ1v) is 10.1. The van der Waals surface area contributed by atoms with Crippen molar-refractivity contribution < 1.29 is 9.47 Å². The highest BCUT2D eigenvalue weighted by Gasteiger charge is 2.13. The molecule has 136 valence electrons. The molecule has 0 aliphatic carbocycles. The van der Waals surface area contributed by atoms with Crippen LogP contribution in [0.2, 0.25) is 0 Å². The van der Waals surface area contributed by atoms with Crippen LogP contribution < -0.4 is 14.8 Å². The third-order valence-electron chi connectivity index (χ3n) is 3.71. The molecule has 6 heteroatoms. The van der Waals surface area contributed by atoms with Crippen LogP contribution in [-0.2, 0) is 13.2 Å². The number of anilines is 1. The highest BCUT2D eigenvalue weighted by atomic mass is 79.9. The van der Waals surface area contributed by atoms with E-state index in [1.807, 2.05) is 24.4 Å². The van der Waals surface area contributed by atoms with Crippen molar-refractivity contribution in [3.63, 3.8) is 0 Å². The van der Waals surface area contributed by atoms with Crippen LogP contribution in [0.25, 0.3) is 0 Å². The Labute approximate surface area is 166 Å². The molecule has 1 aromatic heterocycles. The zero-order valence-corrected chi connectivity index (χ0v) is 17.2. The van der Waals surface area contributed by atoms with Gasteiger partial charge >= 0.3 is 0 Å². The molecule has 0 aliphatic heterocycles. The van der Waals surface area contributed by atoms with Gasteiger partial charge in [-0.2, -0.15) is 0 Å². The van der Waals surface area contributed by atoms with E-state index in [1.165, 1.54) is 5.56 Å². The lowest BCUT2D eigenvalue weighted by Crippen LogP contribution is -2.04. The fourth-order valence-electron chi connectivity index (χ4n) is 2.57. The summed E-state index contributed by atoms with van der Waals surface area (Å²) in [5.74, 6) is 1.47. The maximum absolute atomic E-state index is 6.06. The quantitative estimate of drug-likeness (QED) is 0.487. The molecular formula is C20H21BrN2O2S. The van der Waals surface area contributed by atoms with Gasteiger partial charge in [-0.3, -0.25) is 0 Å². The summed E-state index contributed by atoms with van der Waals surface area (Å²) in [7, 11) is 0. The predicted octanol–water partition coefficient (Wildman–Crippen LogP) is 5.80. The van der Waals surface area contributed by atoms with Gasteiger partial charge < -0.3 is 14.8 Å². The first-order valence-electron chi connectivity index (χ1n) is 8.42. The summed E-state index contributed by atoms with van der Waals surface area (Å²) in [5.41, 5.74) is 3.45. The Morgan fingerprint density at radius 1 is 1.15 bits per heavy atom. The molecule has 1 N–H and O–H groups in total. The molecular weight excluding hydrogens is 412 g/mol. The van der Waals surface area contributed by atoms with E-state index < -0.39 is 0 Å². The van der Waals surface area contributed by atoms with Crippen molar-refractivity contribution in [2.24, 2.45) is 0 Å². The fraction of sp³-hybridized carbons (Fsp3) is 0.250. The molecule has 26 heavy (non-hydrogen) atoms. The van der Waals surface area contributed by atoms with Gasteiger partial charge in [0, 0.05) is 18.1 Å². The first kappa shape index (κ1) is 18.7. The van der Waals surface area contributed by atoms with E-state index in [4.69, 9.17) is 9.47 Å². The Morgan fingerprint density at radius 2 is 2.04 bits per heavy atom. The van der Waals surface area contributed by atoms with Crippen LogP contribution in [0.4, 0.5) is 5.13 Å². The Hall–Kier alpha value is -2.05. The number of benzene rings is 2. The monoisotopic (exact) mass is 432 g/mol. The Balaban J connectivity index is 1.75. The zero-order valence-electron chi connectivity index (χ0n) is 14.8. The van der Waals surface area contributed by atoms with E-state index >= 15 is 0 Å². The van der Waals surface area contributed by atoms with Crippen molar-refractivity contribution in [3.8, 4) is 11.5 Å². The largest absolute Gasteiger partial charge is 0.490 e. The summed E-state index contributed by atoms with van der Waals surface area (Å²) < 4.78 is 12.8. The topological polar surface area (TPSA) is 43.4 Å². The molecule has 0 bridgehead atoms. The van der Waals surface area contributed by atoms with Gasteiger partial charge in [0.15, 0.2) is 16.6 Å². The standard InChI is InChI=1S/C20H21BrN2O2S/c1-3-24-18-11-16(12-23-20-22-7-8-26-20)10-17(21)19(18)25-13-15-6-4-5-14(2)9-15/h4-11H,3,12-13H2,1-2H3,(H,22,23). The van der Waals surface area contributed by atoms with E-state index in [1.54, 1.807) is 17.5 Å². The molecule has 0 atom stereocenters. The average molecular weight is 433 g/mol. The maximum atomic E-state index is 6.06. The molecule has 0 unspecified atom stereocenters. The van der Waals surface area contributed by atoms with E-state index in [2.05, 4.69) is 57.4 Å². The zero-order chi connectivity index (χ0) is 18.4. The summed E-state index contributed by atoms with van der Waals surface area (Å²) in [6.07, 6.45) is 1.79. The summed E-state index contributed by atoms with van der Waals surface area (Å²) >= 11 is 5.21. The van der Waals surface area contributed by atoms with Crippen LogP contribution in [0.5, 0.6) is 11.5 Å². The van der Waals surface area contributed by atoms with Crippen molar-refractivity contribution in [2.45, 2.75) is 27.0 Å². The molecule has 0 spiro atoms. The SMILES string of the molecule is CCOc1cc(CNc2nccs2)cc(Br)c1OCc1cccc(C)c1. The van der Waals surface area contributed by atoms with E-state index in [-0.39, 0.29) is 0 Å². The number of halogens is 1. The third kappa shape index (κ3) is 4.99. The second kappa shape index (κ2) is 9.05. The number of aromatic nitrogens is 1. The van der Waals surface area contributed by atoms with Gasteiger partial charge in [0.2, 0.25) is 0 Å². The van der Waals surface area contributed by atoms with Gasteiger partial charge in [-0.25, -0.2) is 4.98 Å². The molecule has 0 saturated carbocycles. The van der Waals surface area contributed by atoms with Crippen molar-refractivity contribution >= 4 is 32.4 Å². The van der Waals surface area contributed by atoms with Crippen LogP contribution in [-0.4, -0.2) is 11.6 Å². The Kier molecular flexibility index (Phi) is 6.52. The lowest BCUT2D eigenvalue weighted by atomic mass is 10.1. The van der Waals surface area contributed by atoms with Gasteiger partial charge in [0.05, 0.1) is 11.1 Å². The summed E-state index contributed by atoms with van der Waals surface area (Å²) in [5, 5.41) is 6.16. The Bertz CT molecular complexity index is 853. The van der Waals surface area contributed by atoms with Crippen molar-refractivity contribution in [1.29, 1.82) is 0 Å². The minimum Gasteiger partial charge on any atom is -0.490 e.